The molecular formula is C110H84N6. The maximum absolute atomic E-state index is 5.20. The number of aryl methyl sites for hydroxylation is 8. The monoisotopic (exact) mass is 1490 g/mol. The lowest BCUT2D eigenvalue weighted by Crippen LogP contribution is -1.96. The standard InChI is InChI=1S/C110H84N6/c1-69-53-98(78-29-39-82(40-30-78)106-25-13-17-49-111-106)102(57-73(69)5)89-61-87(62-90(65-89)103-58-74(6)70(2)54-99(103)79-31-41-83(42-32-79)107-26-14-18-50-112-107)95-22-10-9-21-94(95)77-37-47-86(48-38-77)110-115-67-93(68-116-110)97-24-12-11-23-96(97)88-63-91(104-59-75(7)71(3)55-100(104)80-33-43-84(44-34-80)108-27-15-19-51-113-108)66-92(64-88)105-60-76(8)72(4)56-101(105)81-35-45-85(46-36-81)109-28-16-20-52-114-109/h9-68H,1-8H3. The highest BCUT2D eigenvalue weighted by molar-refractivity contribution is 5.98. The van der Waals surface area contributed by atoms with Gasteiger partial charge in [-0.2, -0.15) is 0 Å². The van der Waals surface area contributed by atoms with Crippen LogP contribution in [0.3, 0.4) is 0 Å². The van der Waals surface area contributed by atoms with Crippen molar-refractivity contribution in [2.45, 2.75) is 55.4 Å². The number of benzene rings is 13. The molecule has 0 radical (unpaired) electrons. The molecule has 0 atom stereocenters. The van der Waals surface area contributed by atoms with E-state index in [2.05, 4.69) is 354 Å². The predicted octanol–water partition coefficient (Wildman–Crippen LogP) is 28.9. The minimum Gasteiger partial charge on any atom is -0.256 e. The van der Waals surface area contributed by atoms with Crippen LogP contribution in [0.25, 0.3) is 190 Å². The van der Waals surface area contributed by atoms with Gasteiger partial charge in [0.2, 0.25) is 0 Å². The Morgan fingerprint density at radius 3 is 0.552 bits per heavy atom. The molecule has 0 aliphatic heterocycles. The van der Waals surface area contributed by atoms with E-state index in [-0.39, 0.29) is 0 Å². The third-order valence-corrected chi connectivity index (χ3v) is 23.2. The van der Waals surface area contributed by atoms with Crippen LogP contribution in [-0.2, 0) is 0 Å². The Morgan fingerprint density at radius 1 is 0.138 bits per heavy atom. The second-order valence-corrected chi connectivity index (χ2v) is 30.7. The fourth-order valence-corrected chi connectivity index (χ4v) is 16.2. The summed E-state index contributed by atoms with van der Waals surface area (Å²) in [5.74, 6) is 0.643. The molecule has 0 unspecified atom stereocenters. The van der Waals surface area contributed by atoms with E-state index >= 15 is 0 Å². The number of hydrogen-bond acceptors (Lipinski definition) is 6. The van der Waals surface area contributed by atoms with Crippen LogP contribution in [0.15, 0.2) is 365 Å². The molecule has 6 heteroatoms. The summed E-state index contributed by atoms with van der Waals surface area (Å²) in [5.41, 5.74) is 45.7. The molecule has 0 aliphatic carbocycles. The molecule has 18 rings (SSSR count). The van der Waals surface area contributed by atoms with E-state index in [1.54, 1.807) is 0 Å². The minimum atomic E-state index is 0.643. The van der Waals surface area contributed by atoms with Gasteiger partial charge in [0.1, 0.15) is 0 Å². The first-order valence-corrected chi connectivity index (χ1v) is 39.7. The normalized spacial score (nSPS) is 11.3. The lowest BCUT2D eigenvalue weighted by Gasteiger charge is -2.20. The van der Waals surface area contributed by atoms with Crippen molar-refractivity contribution in [3.05, 3.63) is 409 Å². The van der Waals surface area contributed by atoms with Gasteiger partial charge in [-0.15, -0.1) is 0 Å². The van der Waals surface area contributed by atoms with Crippen LogP contribution in [0.4, 0.5) is 0 Å². The topological polar surface area (TPSA) is 77.3 Å². The highest BCUT2D eigenvalue weighted by Crippen LogP contribution is 2.48. The summed E-state index contributed by atoms with van der Waals surface area (Å²) >= 11 is 0. The Bertz CT molecular complexity index is 5960. The Morgan fingerprint density at radius 2 is 0.319 bits per heavy atom. The summed E-state index contributed by atoms with van der Waals surface area (Å²) < 4.78 is 0. The lowest BCUT2D eigenvalue weighted by molar-refractivity contribution is 1.18. The van der Waals surface area contributed by atoms with Crippen molar-refractivity contribution in [3.8, 4) is 190 Å². The van der Waals surface area contributed by atoms with E-state index in [1.807, 2.05) is 85.7 Å². The number of rotatable bonds is 17. The average molecular weight is 1490 g/mol. The van der Waals surface area contributed by atoms with E-state index in [1.165, 1.54) is 55.6 Å². The second kappa shape index (κ2) is 31.6. The summed E-state index contributed by atoms with van der Waals surface area (Å²) in [6.45, 7) is 17.7. The Balaban J connectivity index is 0.718. The van der Waals surface area contributed by atoms with Gasteiger partial charge >= 0.3 is 0 Å². The smallest absolute Gasteiger partial charge is 0.159 e. The molecule has 5 aromatic heterocycles. The Kier molecular flexibility index (Phi) is 19.9. The molecule has 0 saturated heterocycles. The van der Waals surface area contributed by atoms with Crippen LogP contribution < -0.4 is 0 Å². The first-order valence-electron chi connectivity index (χ1n) is 39.7. The molecule has 0 fully saturated rings. The largest absolute Gasteiger partial charge is 0.256 e. The first kappa shape index (κ1) is 73.0. The predicted molar refractivity (Wildman–Crippen MR) is 484 cm³/mol. The third-order valence-electron chi connectivity index (χ3n) is 23.2. The van der Waals surface area contributed by atoms with Crippen LogP contribution in [0.1, 0.15) is 44.5 Å². The molecule has 18 aromatic rings. The summed E-state index contributed by atoms with van der Waals surface area (Å²) in [6.07, 6.45) is 11.4. The van der Waals surface area contributed by atoms with E-state index in [9.17, 15) is 0 Å². The lowest BCUT2D eigenvalue weighted by atomic mass is 9.84. The Labute approximate surface area is 680 Å². The van der Waals surface area contributed by atoms with Crippen LogP contribution in [0.5, 0.6) is 0 Å². The summed E-state index contributed by atoms with van der Waals surface area (Å²) in [5, 5.41) is 0. The van der Waals surface area contributed by atoms with Gasteiger partial charge in [-0.1, -0.05) is 243 Å². The molecule has 0 N–H and O–H groups in total. The third kappa shape index (κ3) is 14.8. The Hall–Kier alpha value is -14.5. The quantitative estimate of drug-likeness (QED) is 0.0904. The zero-order valence-corrected chi connectivity index (χ0v) is 66.3. The highest BCUT2D eigenvalue weighted by atomic mass is 14.9. The van der Waals surface area contributed by atoms with Crippen molar-refractivity contribution in [3.63, 3.8) is 0 Å². The average Bonchev–Trinajstić information content (AvgIpc) is 0.761. The summed E-state index contributed by atoms with van der Waals surface area (Å²) in [4.78, 5) is 29.1. The number of nitrogens with zero attached hydrogens (tertiary/aromatic N) is 6. The van der Waals surface area contributed by atoms with Gasteiger partial charge in [-0.05, 0) is 313 Å². The van der Waals surface area contributed by atoms with Crippen molar-refractivity contribution >= 4 is 0 Å². The van der Waals surface area contributed by atoms with E-state index in [4.69, 9.17) is 9.97 Å². The van der Waals surface area contributed by atoms with Crippen molar-refractivity contribution in [1.82, 2.24) is 29.9 Å². The molecule has 116 heavy (non-hydrogen) atoms. The SMILES string of the molecule is Cc1cc(-c2ccc(-c3ccccn3)cc2)c(-c2cc(-c3ccccc3-c3ccc(-c4ncc(-c5ccccc5-c5cc(-c6cc(C)c(C)cc6-c6ccc(-c7ccccn7)cc6)cc(-c6cc(C)c(C)cc6-c6ccc(-c7ccccn7)cc6)c5)cn4)cc3)cc(-c3cc(C)c(C)cc3-c3ccc(-c4ccccn4)cc3)c2)cc1C. The maximum Gasteiger partial charge on any atom is 0.159 e. The fourth-order valence-electron chi connectivity index (χ4n) is 16.2. The second-order valence-electron chi connectivity index (χ2n) is 30.7. The van der Waals surface area contributed by atoms with E-state index < -0.39 is 0 Å². The van der Waals surface area contributed by atoms with Gasteiger partial charge in [-0.3, -0.25) is 19.9 Å². The van der Waals surface area contributed by atoms with Crippen LogP contribution in [-0.4, -0.2) is 29.9 Å². The first-order chi connectivity index (χ1) is 56.7. The van der Waals surface area contributed by atoms with Gasteiger partial charge in [0, 0.05) is 70.6 Å². The molecule has 5 heterocycles. The molecule has 0 amide bonds. The molecule has 0 bridgehead atoms. The van der Waals surface area contributed by atoms with Crippen LogP contribution >= 0.6 is 0 Å². The molecule has 0 aliphatic rings. The van der Waals surface area contributed by atoms with Gasteiger partial charge in [0.05, 0.1) is 22.8 Å². The van der Waals surface area contributed by atoms with Crippen LogP contribution in [0, 0.1) is 55.4 Å². The van der Waals surface area contributed by atoms with Gasteiger partial charge in [-0.25, -0.2) is 9.97 Å². The van der Waals surface area contributed by atoms with E-state index in [0.717, 1.165) is 173 Å². The molecule has 0 saturated carbocycles. The fraction of sp³-hybridized carbons (Fsp3) is 0.0727. The summed E-state index contributed by atoms with van der Waals surface area (Å²) in [7, 11) is 0. The van der Waals surface area contributed by atoms with Crippen molar-refractivity contribution in [2.75, 3.05) is 0 Å². The van der Waals surface area contributed by atoms with Gasteiger partial charge < -0.3 is 0 Å². The van der Waals surface area contributed by atoms with Crippen LogP contribution in [0.2, 0.25) is 0 Å². The molecule has 6 nitrogen and oxygen atoms in total. The minimum absolute atomic E-state index is 0.643. The van der Waals surface area contributed by atoms with Gasteiger partial charge in [0.15, 0.2) is 5.82 Å². The number of pyridine rings is 4. The van der Waals surface area contributed by atoms with Crippen molar-refractivity contribution in [1.29, 1.82) is 0 Å². The molecule has 0 spiro atoms. The van der Waals surface area contributed by atoms with Gasteiger partial charge in [0.25, 0.3) is 0 Å². The zero-order chi connectivity index (χ0) is 78.9. The molecule has 13 aromatic carbocycles. The molecule has 554 valence electrons. The highest BCUT2D eigenvalue weighted by Gasteiger charge is 2.23. The summed E-state index contributed by atoms with van der Waals surface area (Å²) in [6, 6.07) is 119. The number of hydrogen-bond donors (Lipinski definition) is 0. The zero-order valence-electron chi connectivity index (χ0n) is 66.3. The number of aromatic nitrogens is 6. The van der Waals surface area contributed by atoms with Crippen molar-refractivity contribution in [2.24, 2.45) is 0 Å². The maximum atomic E-state index is 5.20. The van der Waals surface area contributed by atoms with Crippen molar-refractivity contribution < 1.29 is 0 Å². The molecular weight excluding hydrogens is 1410 g/mol. The van der Waals surface area contributed by atoms with E-state index in [0.29, 0.717) is 5.82 Å².